The minimum atomic E-state index is -3.58. The van der Waals surface area contributed by atoms with Crippen LogP contribution in [0.1, 0.15) is 18.1 Å². The van der Waals surface area contributed by atoms with Crippen molar-refractivity contribution in [2.24, 2.45) is 0 Å². The third-order valence-electron chi connectivity index (χ3n) is 5.05. The molecule has 1 amide bonds. The molecule has 0 aromatic heterocycles. The largest absolute Gasteiger partial charge is 0.490 e. The van der Waals surface area contributed by atoms with Gasteiger partial charge in [-0.2, -0.15) is 4.31 Å². The second kappa shape index (κ2) is 9.49. The summed E-state index contributed by atoms with van der Waals surface area (Å²) in [5.41, 5.74) is 1.62. The number of piperazine rings is 1. The van der Waals surface area contributed by atoms with Crippen LogP contribution in [0.4, 0.5) is 0 Å². The van der Waals surface area contributed by atoms with Crippen molar-refractivity contribution in [2.45, 2.75) is 25.7 Å². The number of amides is 1. The van der Waals surface area contributed by atoms with E-state index in [1.807, 2.05) is 38.1 Å². The van der Waals surface area contributed by atoms with Crippen molar-refractivity contribution in [3.05, 3.63) is 53.6 Å². The lowest BCUT2D eigenvalue weighted by Crippen LogP contribution is -2.51. The summed E-state index contributed by atoms with van der Waals surface area (Å²) in [4.78, 5) is 14.5. The number of benzene rings is 2. The molecule has 162 valence electrons. The Labute approximate surface area is 178 Å². The van der Waals surface area contributed by atoms with Crippen LogP contribution in [0, 0.1) is 13.8 Å². The van der Waals surface area contributed by atoms with Gasteiger partial charge in [-0.15, -0.1) is 0 Å². The Hall–Kier alpha value is -2.58. The van der Waals surface area contributed by atoms with Gasteiger partial charge >= 0.3 is 0 Å². The third kappa shape index (κ3) is 4.94. The zero-order valence-electron chi connectivity index (χ0n) is 17.6. The number of rotatable bonds is 7. The summed E-state index contributed by atoms with van der Waals surface area (Å²) in [6.45, 7) is 7.13. The summed E-state index contributed by atoms with van der Waals surface area (Å²) >= 11 is 0. The van der Waals surface area contributed by atoms with Crippen LogP contribution in [0.5, 0.6) is 11.5 Å². The first-order chi connectivity index (χ1) is 14.3. The number of sulfonamides is 1. The van der Waals surface area contributed by atoms with E-state index in [0.29, 0.717) is 36.1 Å². The minimum Gasteiger partial charge on any atom is -0.490 e. The fourth-order valence-corrected chi connectivity index (χ4v) is 5.11. The molecule has 2 aromatic carbocycles. The first kappa shape index (κ1) is 22.1. The van der Waals surface area contributed by atoms with Gasteiger partial charge in [-0.1, -0.05) is 24.3 Å². The van der Waals surface area contributed by atoms with Crippen LogP contribution in [0.25, 0.3) is 0 Å². The van der Waals surface area contributed by atoms with Gasteiger partial charge < -0.3 is 14.4 Å². The molecule has 0 bridgehead atoms. The maximum atomic E-state index is 13.0. The lowest BCUT2D eigenvalue weighted by Gasteiger charge is -2.34. The molecule has 0 unspecified atom stereocenters. The fourth-order valence-electron chi connectivity index (χ4n) is 3.38. The van der Waals surface area contributed by atoms with Gasteiger partial charge in [0.1, 0.15) is 0 Å². The number of carbonyl (C=O) groups excluding carboxylic acids is 1. The number of nitrogens with zero attached hydrogens (tertiary/aromatic N) is 2. The van der Waals surface area contributed by atoms with Crippen LogP contribution in [-0.4, -0.2) is 62.9 Å². The molecule has 8 heteroatoms. The molecule has 7 nitrogen and oxygen atoms in total. The Bertz CT molecular complexity index is 998. The Morgan fingerprint density at radius 3 is 2.23 bits per heavy atom. The van der Waals surface area contributed by atoms with Crippen molar-refractivity contribution >= 4 is 15.9 Å². The van der Waals surface area contributed by atoms with Gasteiger partial charge in [-0.05, 0) is 50.1 Å². The molecule has 1 fully saturated rings. The highest BCUT2D eigenvalue weighted by Gasteiger charge is 2.31. The summed E-state index contributed by atoms with van der Waals surface area (Å²) in [6.07, 6.45) is 0. The number of hydrogen-bond acceptors (Lipinski definition) is 5. The molecule has 0 saturated carbocycles. The molecule has 1 aliphatic rings. The van der Waals surface area contributed by atoms with E-state index < -0.39 is 10.0 Å². The second-order valence-electron chi connectivity index (χ2n) is 7.22. The number of carbonyl (C=O) groups is 1. The summed E-state index contributed by atoms with van der Waals surface area (Å²) in [5, 5.41) is 0. The quantitative estimate of drug-likeness (QED) is 0.672. The molecule has 1 heterocycles. The Morgan fingerprint density at radius 1 is 0.967 bits per heavy atom. The van der Waals surface area contributed by atoms with Gasteiger partial charge in [-0.3, -0.25) is 4.79 Å². The second-order valence-corrected chi connectivity index (χ2v) is 9.13. The van der Waals surface area contributed by atoms with Crippen LogP contribution in [0.15, 0.2) is 47.4 Å². The average molecular weight is 433 g/mol. The molecule has 1 aliphatic heterocycles. The third-order valence-corrected chi connectivity index (χ3v) is 7.09. The van der Waals surface area contributed by atoms with E-state index in [2.05, 4.69) is 0 Å². The van der Waals surface area contributed by atoms with Crippen molar-refractivity contribution in [1.29, 1.82) is 0 Å². The highest BCUT2D eigenvalue weighted by molar-refractivity contribution is 7.89. The van der Waals surface area contributed by atoms with Gasteiger partial charge in [0, 0.05) is 26.2 Å². The first-order valence-electron chi connectivity index (χ1n) is 10.0. The van der Waals surface area contributed by atoms with Gasteiger partial charge in [-0.25, -0.2) is 8.42 Å². The van der Waals surface area contributed by atoms with Crippen LogP contribution in [0.3, 0.4) is 0 Å². The summed E-state index contributed by atoms with van der Waals surface area (Å²) in [7, 11) is -3.58. The van der Waals surface area contributed by atoms with Crippen molar-refractivity contribution in [3.8, 4) is 11.5 Å². The molecule has 30 heavy (non-hydrogen) atoms. The van der Waals surface area contributed by atoms with E-state index in [9.17, 15) is 13.2 Å². The predicted molar refractivity (Wildman–Crippen MR) is 114 cm³/mol. The number of ether oxygens (including phenoxy) is 2. The first-order valence-corrected chi connectivity index (χ1v) is 11.5. The van der Waals surface area contributed by atoms with Gasteiger partial charge in [0.15, 0.2) is 18.1 Å². The van der Waals surface area contributed by atoms with Gasteiger partial charge in [0.2, 0.25) is 10.0 Å². The minimum absolute atomic E-state index is 0.117. The zero-order chi connectivity index (χ0) is 21.7. The Balaban J connectivity index is 1.59. The molecule has 0 atom stereocenters. The highest BCUT2D eigenvalue weighted by Crippen LogP contribution is 2.26. The maximum Gasteiger partial charge on any atom is 0.260 e. The maximum absolute atomic E-state index is 13.0. The lowest BCUT2D eigenvalue weighted by atomic mass is 10.2. The van der Waals surface area contributed by atoms with Crippen molar-refractivity contribution in [2.75, 3.05) is 39.4 Å². The molecule has 0 radical (unpaired) electrons. The summed E-state index contributed by atoms with van der Waals surface area (Å²) < 4.78 is 38.7. The van der Waals surface area contributed by atoms with Crippen LogP contribution in [-0.2, 0) is 14.8 Å². The zero-order valence-corrected chi connectivity index (χ0v) is 18.4. The molecule has 3 rings (SSSR count). The number of hydrogen-bond donors (Lipinski definition) is 0. The number of para-hydroxylation sites is 2. The van der Waals surface area contributed by atoms with E-state index in [0.717, 1.165) is 11.1 Å². The Morgan fingerprint density at radius 2 is 1.60 bits per heavy atom. The van der Waals surface area contributed by atoms with Crippen molar-refractivity contribution in [3.63, 3.8) is 0 Å². The normalized spacial score (nSPS) is 15.1. The summed E-state index contributed by atoms with van der Waals surface area (Å²) in [5.74, 6) is 0.936. The lowest BCUT2D eigenvalue weighted by molar-refractivity contribution is -0.134. The van der Waals surface area contributed by atoms with Crippen LogP contribution >= 0.6 is 0 Å². The van der Waals surface area contributed by atoms with Crippen molar-refractivity contribution < 1.29 is 22.7 Å². The predicted octanol–water partition coefficient (Wildman–Crippen LogP) is 2.61. The van der Waals surface area contributed by atoms with Gasteiger partial charge in [0.25, 0.3) is 5.91 Å². The van der Waals surface area contributed by atoms with E-state index in [-0.39, 0.29) is 25.6 Å². The Kier molecular flexibility index (Phi) is 6.99. The molecule has 1 saturated heterocycles. The molecular formula is C22H28N2O5S. The monoisotopic (exact) mass is 432 g/mol. The van der Waals surface area contributed by atoms with E-state index >= 15 is 0 Å². The van der Waals surface area contributed by atoms with Crippen LogP contribution in [0.2, 0.25) is 0 Å². The molecular weight excluding hydrogens is 404 g/mol. The topological polar surface area (TPSA) is 76.2 Å². The molecule has 2 aromatic rings. The van der Waals surface area contributed by atoms with E-state index in [4.69, 9.17) is 9.47 Å². The van der Waals surface area contributed by atoms with E-state index in [1.165, 1.54) is 4.31 Å². The summed E-state index contributed by atoms with van der Waals surface area (Å²) in [6, 6.07) is 12.6. The van der Waals surface area contributed by atoms with Gasteiger partial charge in [0.05, 0.1) is 11.5 Å². The van der Waals surface area contributed by atoms with E-state index in [1.54, 1.807) is 30.0 Å². The SMILES string of the molecule is CCOc1ccccc1OCC(=O)N1CCN(S(=O)(=O)c2cc(C)ccc2C)CC1. The smallest absolute Gasteiger partial charge is 0.260 e. The number of aryl methyl sites for hydroxylation is 2. The van der Waals surface area contributed by atoms with Crippen LogP contribution < -0.4 is 9.47 Å². The standard InChI is InChI=1S/C22H28N2O5S/c1-4-28-19-7-5-6-8-20(19)29-16-22(25)23-11-13-24(14-12-23)30(26,27)21-15-17(2)9-10-18(21)3/h5-10,15H,4,11-14,16H2,1-3H3. The average Bonchev–Trinajstić information content (AvgIpc) is 2.75. The molecule has 0 spiro atoms. The molecule has 0 N–H and O–H groups in total. The molecule has 0 aliphatic carbocycles. The highest BCUT2D eigenvalue weighted by atomic mass is 32.2. The van der Waals surface area contributed by atoms with Crippen molar-refractivity contribution in [1.82, 2.24) is 9.21 Å². The fraction of sp³-hybridized carbons (Fsp3) is 0.409.